The summed E-state index contributed by atoms with van der Waals surface area (Å²) in [5, 5.41) is 8.96. The van der Waals surface area contributed by atoms with Crippen molar-refractivity contribution < 1.29 is 0 Å². The standard InChI is InChI=1S/C17H23Cl2N5.HI/c1-11-14(12(2)24(5)22-11)9-21-17(20-3)23(4)10-13-6-7-15(18)16(19)8-13;/h6-8H,9-10H2,1-5H3,(H,20,21);1H. The molecule has 1 aromatic heterocycles. The number of hydrogen-bond acceptors (Lipinski definition) is 2. The van der Waals surface area contributed by atoms with Gasteiger partial charge in [0.05, 0.1) is 15.7 Å². The van der Waals surface area contributed by atoms with Gasteiger partial charge in [-0.2, -0.15) is 5.10 Å². The van der Waals surface area contributed by atoms with Gasteiger partial charge < -0.3 is 10.2 Å². The first-order valence-corrected chi connectivity index (χ1v) is 8.43. The topological polar surface area (TPSA) is 45.5 Å². The fourth-order valence-electron chi connectivity index (χ4n) is 2.61. The molecule has 1 aromatic carbocycles. The molecule has 0 fully saturated rings. The van der Waals surface area contributed by atoms with Crippen LogP contribution in [-0.4, -0.2) is 34.7 Å². The Labute approximate surface area is 176 Å². The summed E-state index contributed by atoms with van der Waals surface area (Å²) < 4.78 is 1.90. The van der Waals surface area contributed by atoms with Crippen molar-refractivity contribution >= 4 is 53.1 Å². The van der Waals surface area contributed by atoms with Crippen molar-refractivity contribution in [1.82, 2.24) is 20.0 Å². The monoisotopic (exact) mass is 495 g/mol. The number of aliphatic imine (C=N–C) groups is 1. The molecule has 1 heterocycles. The quantitative estimate of drug-likeness (QED) is 0.393. The summed E-state index contributed by atoms with van der Waals surface area (Å²) in [7, 11) is 5.72. The van der Waals surface area contributed by atoms with E-state index >= 15 is 0 Å². The maximum absolute atomic E-state index is 6.08. The maximum Gasteiger partial charge on any atom is 0.193 e. The van der Waals surface area contributed by atoms with Gasteiger partial charge in [-0.3, -0.25) is 9.67 Å². The third-order valence-corrected chi connectivity index (χ3v) is 4.80. The Morgan fingerprint density at radius 1 is 1.28 bits per heavy atom. The van der Waals surface area contributed by atoms with Crippen molar-refractivity contribution in [2.75, 3.05) is 14.1 Å². The van der Waals surface area contributed by atoms with Crippen LogP contribution in [0.1, 0.15) is 22.5 Å². The smallest absolute Gasteiger partial charge is 0.193 e. The summed E-state index contributed by atoms with van der Waals surface area (Å²) in [6, 6.07) is 5.65. The first-order chi connectivity index (χ1) is 11.3. The largest absolute Gasteiger partial charge is 0.352 e. The molecule has 0 atom stereocenters. The van der Waals surface area contributed by atoms with Crippen molar-refractivity contribution in [3.63, 3.8) is 0 Å². The van der Waals surface area contributed by atoms with Crippen molar-refractivity contribution in [3.05, 3.63) is 50.8 Å². The van der Waals surface area contributed by atoms with Gasteiger partial charge in [-0.1, -0.05) is 29.3 Å². The number of benzene rings is 1. The molecule has 0 spiro atoms. The summed E-state index contributed by atoms with van der Waals surface area (Å²) >= 11 is 12.1. The highest BCUT2D eigenvalue weighted by Gasteiger charge is 2.12. The van der Waals surface area contributed by atoms with Gasteiger partial charge in [0.15, 0.2) is 5.96 Å². The van der Waals surface area contributed by atoms with Crippen LogP contribution in [0.25, 0.3) is 0 Å². The highest BCUT2D eigenvalue weighted by Crippen LogP contribution is 2.23. The van der Waals surface area contributed by atoms with Crippen molar-refractivity contribution in [1.29, 1.82) is 0 Å². The summed E-state index contributed by atoms with van der Waals surface area (Å²) in [5.41, 5.74) is 4.46. The van der Waals surface area contributed by atoms with Crippen LogP contribution in [-0.2, 0) is 20.1 Å². The third-order valence-electron chi connectivity index (χ3n) is 4.06. The molecule has 0 aliphatic rings. The molecular formula is C17H24Cl2IN5. The van der Waals surface area contributed by atoms with Crippen LogP contribution >= 0.6 is 47.2 Å². The normalized spacial score (nSPS) is 11.2. The molecule has 25 heavy (non-hydrogen) atoms. The second-order valence-corrected chi connectivity index (χ2v) is 6.59. The average Bonchev–Trinajstić information content (AvgIpc) is 2.77. The van der Waals surface area contributed by atoms with Crippen LogP contribution in [0.3, 0.4) is 0 Å². The number of guanidine groups is 1. The molecule has 1 N–H and O–H groups in total. The molecule has 2 rings (SSSR count). The molecule has 5 nitrogen and oxygen atoms in total. The van der Waals surface area contributed by atoms with E-state index in [0.29, 0.717) is 23.1 Å². The van der Waals surface area contributed by atoms with Gasteiger partial charge in [0.25, 0.3) is 0 Å². The average molecular weight is 496 g/mol. The maximum atomic E-state index is 6.08. The first-order valence-electron chi connectivity index (χ1n) is 7.68. The van der Waals surface area contributed by atoms with Crippen LogP contribution in [0.2, 0.25) is 10.0 Å². The molecule has 0 radical (unpaired) electrons. The highest BCUT2D eigenvalue weighted by atomic mass is 127. The second-order valence-electron chi connectivity index (χ2n) is 5.78. The van der Waals surface area contributed by atoms with Gasteiger partial charge in [0.1, 0.15) is 0 Å². The number of nitrogens with one attached hydrogen (secondary N) is 1. The zero-order chi connectivity index (χ0) is 17.9. The fraction of sp³-hybridized carbons (Fsp3) is 0.412. The van der Waals surface area contributed by atoms with E-state index in [1.807, 2.05) is 48.8 Å². The van der Waals surface area contributed by atoms with Gasteiger partial charge in [-0.25, -0.2) is 0 Å². The van der Waals surface area contributed by atoms with Gasteiger partial charge in [0, 0.05) is 45.5 Å². The summed E-state index contributed by atoms with van der Waals surface area (Å²) in [5.74, 6) is 0.809. The van der Waals surface area contributed by atoms with E-state index in [-0.39, 0.29) is 24.0 Å². The van der Waals surface area contributed by atoms with E-state index in [1.165, 1.54) is 5.56 Å². The number of halogens is 3. The Hall–Kier alpha value is -0.990. The molecule has 138 valence electrons. The molecule has 0 aliphatic carbocycles. The Kier molecular flexibility index (Phi) is 8.50. The number of rotatable bonds is 4. The Morgan fingerprint density at radius 2 is 1.96 bits per heavy atom. The summed E-state index contributed by atoms with van der Waals surface area (Å²) in [6.45, 7) is 5.46. The van der Waals surface area contributed by atoms with Gasteiger partial charge >= 0.3 is 0 Å². The molecular weight excluding hydrogens is 472 g/mol. The van der Waals surface area contributed by atoms with Crippen LogP contribution in [0.5, 0.6) is 0 Å². The Bertz CT molecular complexity index is 758. The minimum absolute atomic E-state index is 0. The predicted molar refractivity (Wildman–Crippen MR) is 116 cm³/mol. The lowest BCUT2D eigenvalue weighted by Gasteiger charge is -2.22. The van der Waals surface area contributed by atoms with Crippen LogP contribution in [0.4, 0.5) is 0 Å². The third kappa shape index (κ3) is 5.49. The van der Waals surface area contributed by atoms with E-state index in [2.05, 4.69) is 22.3 Å². The summed E-state index contributed by atoms with van der Waals surface area (Å²) in [4.78, 5) is 6.39. The summed E-state index contributed by atoms with van der Waals surface area (Å²) in [6.07, 6.45) is 0. The molecule has 0 unspecified atom stereocenters. The molecule has 0 amide bonds. The molecule has 8 heteroatoms. The minimum atomic E-state index is 0. The lowest BCUT2D eigenvalue weighted by molar-refractivity contribution is 0.476. The van der Waals surface area contributed by atoms with Crippen LogP contribution < -0.4 is 5.32 Å². The molecule has 2 aromatic rings. The Morgan fingerprint density at radius 3 is 2.48 bits per heavy atom. The highest BCUT2D eigenvalue weighted by molar-refractivity contribution is 14.0. The van der Waals surface area contributed by atoms with Crippen LogP contribution in [0.15, 0.2) is 23.2 Å². The van der Waals surface area contributed by atoms with Crippen molar-refractivity contribution in [2.45, 2.75) is 26.9 Å². The van der Waals surface area contributed by atoms with Gasteiger partial charge in [-0.15, -0.1) is 24.0 Å². The SMILES string of the molecule is CN=C(NCc1c(C)nn(C)c1C)N(C)Cc1ccc(Cl)c(Cl)c1.I. The Balaban J connectivity index is 0.00000312. The van der Waals surface area contributed by atoms with Gasteiger partial charge in [-0.05, 0) is 31.5 Å². The second kappa shape index (κ2) is 9.64. The number of nitrogens with zero attached hydrogens (tertiary/aromatic N) is 4. The van der Waals surface area contributed by atoms with Crippen molar-refractivity contribution in [3.8, 4) is 0 Å². The minimum Gasteiger partial charge on any atom is -0.352 e. The fourth-order valence-corrected chi connectivity index (χ4v) is 2.93. The zero-order valence-electron chi connectivity index (χ0n) is 15.1. The predicted octanol–water partition coefficient (Wildman–Crippen LogP) is 4.17. The number of aromatic nitrogens is 2. The van der Waals surface area contributed by atoms with Crippen LogP contribution in [0, 0.1) is 13.8 Å². The molecule has 0 saturated carbocycles. The number of hydrogen-bond donors (Lipinski definition) is 1. The van der Waals surface area contributed by atoms with E-state index in [9.17, 15) is 0 Å². The molecule has 0 aliphatic heterocycles. The van der Waals surface area contributed by atoms with E-state index < -0.39 is 0 Å². The zero-order valence-corrected chi connectivity index (χ0v) is 18.9. The molecule has 0 saturated heterocycles. The molecule has 0 bridgehead atoms. The van der Waals surface area contributed by atoms with Crippen molar-refractivity contribution in [2.24, 2.45) is 12.0 Å². The lowest BCUT2D eigenvalue weighted by atomic mass is 10.2. The van der Waals surface area contributed by atoms with E-state index in [4.69, 9.17) is 23.2 Å². The van der Waals surface area contributed by atoms with Gasteiger partial charge in [0.2, 0.25) is 0 Å². The number of aryl methyl sites for hydroxylation is 2. The lowest BCUT2D eigenvalue weighted by Crippen LogP contribution is -2.38. The van der Waals surface area contributed by atoms with E-state index in [1.54, 1.807) is 7.05 Å². The van der Waals surface area contributed by atoms with E-state index in [0.717, 1.165) is 22.9 Å². The first kappa shape index (κ1) is 22.1.